The summed E-state index contributed by atoms with van der Waals surface area (Å²) in [5, 5.41) is 19.9. The van der Waals surface area contributed by atoms with Gasteiger partial charge in [-0.3, -0.25) is 9.59 Å². The zero-order valence-corrected chi connectivity index (χ0v) is 17.6. The maximum atomic E-state index is 13.2. The van der Waals surface area contributed by atoms with E-state index in [4.69, 9.17) is 4.74 Å². The third-order valence-electron chi connectivity index (χ3n) is 5.46. The molecular formula is C22H21FO7S. The predicted octanol–water partition coefficient (Wildman–Crippen LogP) is 3.78. The number of sulfone groups is 1. The van der Waals surface area contributed by atoms with E-state index in [1.165, 1.54) is 49.4 Å². The first-order valence-electron chi connectivity index (χ1n) is 9.30. The van der Waals surface area contributed by atoms with Crippen molar-refractivity contribution < 1.29 is 37.3 Å². The molecule has 0 aromatic heterocycles. The van der Waals surface area contributed by atoms with Crippen LogP contribution in [-0.4, -0.2) is 36.8 Å². The molecule has 0 saturated heterocycles. The Bertz CT molecular complexity index is 1170. The van der Waals surface area contributed by atoms with Crippen molar-refractivity contribution >= 4 is 21.8 Å². The van der Waals surface area contributed by atoms with Crippen LogP contribution in [-0.2, 0) is 24.8 Å². The van der Waals surface area contributed by atoms with Gasteiger partial charge in [-0.25, -0.2) is 12.8 Å². The minimum Gasteiger partial charge on any atom is -0.481 e. The second-order valence-electron chi connectivity index (χ2n) is 7.88. The molecule has 2 unspecified atom stereocenters. The van der Waals surface area contributed by atoms with Crippen molar-refractivity contribution in [2.75, 3.05) is 6.26 Å². The molecule has 0 saturated carbocycles. The summed E-state index contributed by atoms with van der Waals surface area (Å²) in [7, 11) is -3.69. The topological polar surface area (TPSA) is 118 Å². The Morgan fingerprint density at radius 1 is 1.06 bits per heavy atom. The average molecular weight is 448 g/mol. The van der Waals surface area contributed by atoms with E-state index in [0.29, 0.717) is 0 Å². The molecule has 0 bridgehead atoms. The fraction of sp³-hybridized carbons (Fsp3) is 0.273. The van der Waals surface area contributed by atoms with Crippen molar-refractivity contribution in [1.82, 2.24) is 0 Å². The number of benzene rings is 2. The van der Waals surface area contributed by atoms with Crippen molar-refractivity contribution in [3.05, 3.63) is 66.0 Å². The van der Waals surface area contributed by atoms with Crippen LogP contribution in [0.5, 0.6) is 11.5 Å². The van der Waals surface area contributed by atoms with Crippen LogP contribution in [0.1, 0.15) is 25.3 Å². The van der Waals surface area contributed by atoms with Gasteiger partial charge in [0.25, 0.3) is 0 Å². The van der Waals surface area contributed by atoms with E-state index in [1.807, 2.05) is 0 Å². The molecule has 9 heteroatoms. The molecule has 1 aliphatic carbocycles. The highest BCUT2D eigenvalue weighted by molar-refractivity contribution is 7.90. The maximum Gasteiger partial charge on any atom is 0.314 e. The molecule has 0 aliphatic heterocycles. The van der Waals surface area contributed by atoms with Crippen LogP contribution in [0.25, 0.3) is 0 Å². The summed E-state index contributed by atoms with van der Waals surface area (Å²) in [5.41, 5.74) is -3.20. The lowest BCUT2D eigenvalue weighted by Gasteiger charge is -2.39. The van der Waals surface area contributed by atoms with Crippen molar-refractivity contribution in [2.24, 2.45) is 5.41 Å². The number of allylic oxidation sites excluding steroid dienone is 1. The number of rotatable bonds is 6. The highest BCUT2D eigenvalue weighted by Crippen LogP contribution is 2.49. The highest BCUT2D eigenvalue weighted by Gasteiger charge is 2.51. The van der Waals surface area contributed by atoms with E-state index in [0.717, 1.165) is 18.4 Å². The van der Waals surface area contributed by atoms with Gasteiger partial charge in [-0.1, -0.05) is 12.2 Å². The van der Waals surface area contributed by atoms with Crippen molar-refractivity contribution in [3.8, 4) is 11.5 Å². The number of hydrogen-bond donors (Lipinski definition) is 2. The molecule has 31 heavy (non-hydrogen) atoms. The van der Waals surface area contributed by atoms with Crippen molar-refractivity contribution in [1.29, 1.82) is 0 Å². The summed E-state index contributed by atoms with van der Waals surface area (Å²) in [4.78, 5) is 24.2. The van der Waals surface area contributed by atoms with Crippen LogP contribution in [0, 0.1) is 11.2 Å². The largest absolute Gasteiger partial charge is 0.481 e. The smallest absolute Gasteiger partial charge is 0.314 e. The first kappa shape index (κ1) is 22.5. The minimum absolute atomic E-state index is 0.0316. The number of carboxylic acids is 2. The Labute approximate surface area is 178 Å². The molecule has 164 valence electrons. The van der Waals surface area contributed by atoms with Gasteiger partial charge in [-0.05, 0) is 62.2 Å². The fourth-order valence-corrected chi connectivity index (χ4v) is 4.39. The standard InChI is InChI=1S/C22H21FO7S/c1-21(19(24)25)10-3-11-22(13-21,20(26)27)17-12-16(31(2,28)29)8-9-18(17)30-15-6-4-14(23)5-7-15/h3-10,12H,11,13H2,1-2H3,(H,24,25)(H,26,27). The lowest BCUT2D eigenvalue weighted by Crippen LogP contribution is -2.45. The second kappa shape index (κ2) is 7.81. The summed E-state index contributed by atoms with van der Waals surface area (Å²) in [6, 6.07) is 8.84. The third-order valence-corrected chi connectivity index (χ3v) is 6.57. The summed E-state index contributed by atoms with van der Waals surface area (Å²) in [5.74, 6) is -2.74. The van der Waals surface area contributed by atoms with Crippen molar-refractivity contribution in [3.63, 3.8) is 0 Å². The Balaban J connectivity index is 2.23. The third kappa shape index (κ3) is 4.32. The SMILES string of the molecule is CC1(C(=O)O)C=CCC(C(=O)O)(c2cc(S(C)(=O)=O)ccc2Oc2ccc(F)cc2)C1. The molecule has 2 aromatic carbocycles. The summed E-state index contributed by atoms with van der Waals surface area (Å²) < 4.78 is 43.3. The lowest BCUT2D eigenvalue weighted by atomic mass is 9.63. The van der Waals surface area contributed by atoms with Gasteiger partial charge in [0.05, 0.1) is 10.3 Å². The molecule has 0 fully saturated rings. The summed E-state index contributed by atoms with van der Waals surface area (Å²) in [6.07, 6.45) is 3.53. The van der Waals surface area contributed by atoms with Gasteiger partial charge in [-0.15, -0.1) is 0 Å². The van der Waals surface area contributed by atoms with Gasteiger partial charge in [0.15, 0.2) is 9.84 Å². The van der Waals surface area contributed by atoms with Gasteiger partial charge in [0, 0.05) is 11.8 Å². The maximum absolute atomic E-state index is 13.2. The van der Waals surface area contributed by atoms with Crippen LogP contribution in [0.3, 0.4) is 0 Å². The Kier molecular flexibility index (Phi) is 5.66. The van der Waals surface area contributed by atoms with Gasteiger partial charge in [0.1, 0.15) is 22.7 Å². The Morgan fingerprint density at radius 2 is 1.71 bits per heavy atom. The van der Waals surface area contributed by atoms with Crippen LogP contribution >= 0.6 is 0 Å². The van der Waals surface area contributed by atoms with Crippen LogP contribution in [0.15, 0.2) is 59.5 Å². The number of hydrogen-bond acceptors (Lipinski definition) is 5. The lowest BCUT2D eigenvalue weighted by molar-refractivity contribution is -0.151. The number of ether oxygens (including phenoxy) is 1. The van der Waals surface area contributed by atoms with E-state index in [1.54, 1.807) is 0 Å². The summed E-state index contributed by atoms with van der Waals surface area (Å²) >= 11 is 0. The Hall–Kier alpha value is -3.20. The van der Waals surface area contributed by atoms with Crippen LogP contribution < -0.4 is 4.74 Å². The highest BCUT2D eigenvalue weighted by atomic mass is 32.2. The van der Waals surface area contributed by atoms with E-state index in [2.05, 4.69) is 0 Å². The number of carboxylic acid groups (broad SMARTS) is 2. The van der Waals surface area contributed by atoms with E-state index in [9.17, 15) is 32.6 Å². The number of aliphatic carboxylic acids is 2. The van der Waals surface area contributed by atoms with Gasteiger partial charge in [0.2, 0.25) is 0 Å². The molecule has 0 spiro atoms. The first-order valence-corrected chi connectivity index (χ1v) is 11.2. The molecule has 2 atom stereocenters. The molecule has 0 heterocycles. The second-order valence-corrected chi connectivity index (χ2v) is 9.89. The normalized spacial score (nSPS) is 23.3. The number of carbonyl (C=O) groups is 2. The molecule has 0 radical (unpaired) electrons. The van der Waals surface area contributed by atoms with Crippen LogP contribution in [0.2, 0.25) is 0 Å². The monoisotopic (exact) mass is 448 g/mol. The van der Waals surface area contributed by atoms with Gasteiger partial charge < -0.3 is 14.9 Å². The molecule has 0 amide bonds. The zero-order valence-electron chi connectivity index (χ0n) is 16.8. The predicted molar refractivity (Wildman–Crippen MR) is 109 cm³/mol. The van der Waals surface area contributed by atoms with E-state index in [-0.39, 0.29) is 34.8 Å². The molecule has 7 nitrogen and oxygen atoms in total. The Morgan fingerprint density at radius 3 is 2.26 bits per heavy atom. The van der Waals surface area contributed by atoms with Crippen molar-refractivity contribution in [2.45, 2.75) is 30.1 Å². The molecule has 3 rings (SSSR count). The quantitative estimate of drug-likeness (QED) is 0.646. The van der Waals surface area contributed by atoms with Gasteiger partial charge >= 0.3 is 11.9 Å². The summed E-state index contributed by atoms with van der Waals surface area (Å²) in [6.45, 7) is 1.41. The van der Waals surface area contributed by atoms with E-state index < -0.39 is 38.4 Å². The molecule has 2 N–H and O–H groups in total. The fourth-order valence-electron chi connectivity index (χ4n) is 3.74. The average Bonchev–Trinajstić information content (AvgIpc) is 2.69. The minimum atomic E-state index is -3.69. The van der Waals surface area contributed by atoms with E-state index >= 15 is 0 Å². The molecular weight excluding hydrogens is 427 g/mol. The molecule has 2 aromatic rings. The number of halogens is 1. The molecule has 1 aliphatic rings. The van der Waals surface area contributed by atoms with Crippen LogP contribution in [0.4, 0.5) is 4.39 Å². The first-order chi connectivity index (χ1) is 14.4. The van der Waals surface area contributed by atoms with Gasteiger partial charge in [-0.2, -0.15) is 0 Å². The zero-order chi connectivity index (χ0) is 23.0.